The molecule has 0 unspecified atom stereocenters. The van der Waals surface area contributed by atoms with Gasteiger partial charge in [-0.1, -0.05) is 43.7 Å². The van der Waals surface area contributed by atoms with Gasteiger partial charge in [-0.15, -0.1) is 0 Å². The fraction of sp³-hybridized carbons (Fsp3) is 0.667. The second kappa shape index (κ2) is 5.55. The van der Waals surface area contributed by atoms with Gasteiger partial charge in [0.15, 0.2) is 0 Å². The van der Waals surface area contributed by atoms with E-state index < -0.39 is 12.2 Å². The first-order valence-electron chi connectivity index (χ1n) is 9.38. The second-order valence-corrected chi connectivity index (χ2v) is 8.76. The van der Waals surface area contributed by atoms with Crippen LogP contribution in [0.25, 0.3) is 0 Å². The summed E-state index contributed by atoms with van der Waals surface area (Å²) in [5.74, 6) is 0.421. The van der Waals surface area contributed by atoms with Crippen LogP contribution >= 0.6 is 0 Å². The van der Waals surface area contributed by atoms with Gasteiger partial charge < -0.3 is 14.9 Å². The number of carbonyl (C=O) groups is 1. The molecule has 4 aliphatic rings. The highest BCUT2D eigenvalue weighted by Crippen LogP contribution is 2.62. The number of allylic oxidation sites excluding steroid dienone is 2. The van der Waals surface area contributed by atoms with E-state index in [1.807, 2.05) is 12.2 Å². The lowest BCUT2D eigenvalue weighted by atomic mass is 9.48. The average Bonchev–Trinajstić information content (AvgIpc) is 2.84. The van der Waals surface area contributed by atoms with E-state index >= 15 is 0 Å². The summed E-state index contributed by atoms with van der Waals surface area (Å²) >= 11 is 0. The SMILES string of the molecule is CC(=O)O[C@H]1C=C2C[C@@H](O)C=C[C@]2(C)[C@H]2CC[C@]3(C)[C@@H](O)C=C[C@H]3[C@H]12. The van der Waals surface area contributed by atoms with Gasteiger partial charge in [0.2, 0.25) is 0 Å². The first kappa shape index (κ1) is 17.0. The zero-order chi connectivity index (χ0) is 18.0. The van der Waals surface area contributed by atoms with Crippen LogP contribution in [0.5, 0.6) is 0 Å². The topological polar surface area (TPSA) is 66.8 Å². The molecule has 25 heavy (non-hydrogen) atoms. The molecule has 136 valence electrons. The Hall–Kier alpha value is -1.39. The monoisotopic (exact) mass is 344 g/mol. The van der Waals surface area contributed by atoms with Crippen LogP contribution in [-0.4, -0.2) is 34.5 Å². The molecule has 0 spiro atoms. The number of aliphatic hydroxyl groups excluding tert-OH is 2. The molecule has 1 fully saturated rings. The Labute approximate surface area is 149 Å². The molecular formula is C21H28O4. The summed E-state index contributed by atoms with van der Waals surface area (Å²) in [5, 5.41) is 20.6. The quantitative estimate of drug-likeness (QED) is 0.567. The van der Waals surface area contributed by atoms with Gasteiger partial charge in [-0.2, -0.15) is 0 Å². The summed E-state index contributed by atoms with van der Waals surface area (Å²) < 4.78 is 5.74. The lowest BCUT2D eigenvalue weighted by Gasteiger charge is -2.57. The van der Waals surface area contributed by atoms with Crippen molar-refractivity contribution in [3.63, 3.8) is 0 Å². The van der Waals surface area contributed by atoms with Crippen molar-refractivity contribution < 1.29 is 19.7 Å². The Morgan fingerprint density at radius 3 is 2.72 bits per heavy atom. The second-order valence-electron chi connectivity index (χ2n) is 8.76. The normalized spacial score (nSPS) is 50.5. The highest BCUT2D eigenvalue weighted by atomic mass is 16.5. The smallest absolute Gasteiger partial charge is 0.303 e. The third kappa shape index (κ3) is 2.37. The molecule has 0 aliphatic heterocycles. The third-order valence-electron chi connectivity index (χ3n) is 7.41. The van der Waals surface area contributed by atoms with E-state index in [2.05, 4.69) is 32.1 Å². The van der Waals surface area contributed by atoms with E-state index in [0.717, 1.165) is 12.8 Å². The summed E-state index contributed by atoms with van der Waals surface area (Å²) in [6.07, 6.45) is 11.6. The van der Waals surface area contributed by atoms with Gasteiger partial charge in [-0.25, -0.2) is 0 Å². The molecule has 0 aromatic heterocycles. The molecule has 4 rings (SSSR count). The van der Waals surface area contributed by atoms with Gasteiger partial charge in [0.25, 0.3) is 0 Å². The van der Waals surface area contributed by atoms with Crippen molar-refractivity contribution in [2.75, 3.05) is 0 Å². The molecule has 2 N–H and O–H groups in total. The van der Waals surface area contributed by atoms with Gasteiger partial charge in [-0.05, 0) is 37.2 Å². The maximum atomic E-state index is 11.7. The van der Waals surface area contributed by atoms with E-state index in [-0.39, 0.29) is 34.7 Å². The number of carbonyl (C=O) groups excluding carboxylic acids is 1. The molecule has 0 radical (unpaired) electrons. The average molecular weight is 344 g/mol. The van der Waals surface area contributed by atoms with Crippen molar-refractivity contribution >= 4 is 5.97 Å². The molecule has 0 amide bonds. The summed E-state index contributed by atoms with van der Waals surface area (Å²) in [5.41, 5.74) is 0.892. The van der Waals surface area contributed by atoms with E-state index in [4.69, 9.17) is 4.74 Å². The van der Waals surface area contributed by atoms with Crippen LogP contribution in [0.1, 0.15) is 40.0 Å². The van der Waals surface area contributed by atoms with Crippen molar-refractivity contribution in [1.82, 2.24) is 0 Å². The summed E-state index contributed by atoms with van der Waals surface area (Å²) in [6, 6.07) is 0. The number of esters is 1. The molecule has 0 aromatic rings. The molecule has 8 atom stereocenters. The minimum Gasteiger partial charge on any atom is -0.458 e. The largest absolute Gasteiger partial charge is 0.458 e. The van der Waals surface area contributed by atoms with Crippen LogP contribution in [0.2, 0.25) is 0 Å². The number of hydrogen-bond donors (Lipinski definition) is 2. The molecule has 0 bridgehead atoms. The van der Waals surface area contributed by atoms with Gasteiger partial charge >= 0.3 is 5.97 Å². The third-order valence-corrected chi connectivity index (χ3v) is 7.41. The van der Waals surface area contributed by atoms with Crippen molar-refractivity contribution in [1.29, 1.82) is 0 Å². The van der Waals surface area contributed by atoms with Crippen LogP contribution in [0.15, 0.2) is 36.0 Å². The Bertz CT molecular complexity index is 677. The Kier molecular flexibility index (Phi) is 3.79. The van der Waals surface area contributed by atoms with Crippen molar-refractivity contribution in [3.05, 3.63) is 36.0 Å². The maximum Gasteiger partial charge on any atom is 0.303 e. The molecule has 1 saturated carbocycles. The standard InChI is InChI=1S/C21H28O4/c1-12(22)25-17-11-13-10-14(23)6-8-20(13,2)16-7-9-21(3)15(19(16)17)4-5-18(21)24/h4-6,8,11,14-19,23-24H,7,9-10H2,1-3H3/t14-,15-,16-,17-,18-,19-,20-,21-/m0/s1. The van der Waals surface area contributed by atoms with Crippen LogP contribution in [-0.2, 0) is 9.53 Å². The van der Waals surface area contributed by atoms with Crippen molar-refractivity contribution in [2.45, 2.75) is 58.3 Å². The Morgan fingerprint density at radius 2 is 2.00 bits per heavy atom. The summed E-state index contributed by atoms with van der Waals surface area (Å²) in [6.45, 7) is 5.87. The van der Waals surface area contributed by atoms with E-state index in [0.29, 0.717) is 12.3 Å². The maximum absolute atomic E-state index is 11.7. The predicted octanol–water partition coefficient (Wildman–Crippen LogP) is 2.76. The van der Waals surface area contributed by atoms with Gasteiger partial charge in [0.1, 0.15) is 6.10 Å². The van der Waals surface area contributed by atoms with Crippen LogP contribution in [0.3, 0.4) is 0 Å². The number of fused-ring (bicyclic) bond motifs is 5. The minimum absolute atomic E-state index is 0.108. The zero-order valence-electron chi connectivity index (χ0n) is 15.2. The first-order chi connectivity index (χ1) is 11.8. The lowest BCUT2D eigenvalue weighted by molar-refractivity contribution is -0.155. The predicted molar refractivity (Wildman–Crippen MR) is 94.5 cm³/mol. The molecule has 4 aliphatic carbocycles. The molecular weight excluding hydrogens is 316 g/mol. The Balaban J connectivity index is 1.80. The molecule has 4 heteroatoms. The van der Waals surface area contributed by atoms with Crippen LogP contribution in [0.4, 0.5) is 0 Å². The fourth-order valence-electron chi connectivity index (χ4n) is 5.94. The Morgan fingerprint density at radius 1 is 1.24 bits per heavy atom. The van der Waals surface area contributed by atoms with Gasteiger partial charge in [0, 0.05) is 23.7 Å². The molecule has 0 aromatic carbocycles. The number of rotatable bonds is 1. The van der Waals surface area contributed by atoms with E-state index in [1.165, 1.54) is 12.5 Å². The lowest BCUT2D eigenvalue weighted by Crippen LogP contribution is -2.55. The van der Waals surface area contributed by atoms with Gasteiger partial charge in [0.05, 0.1) is 12.2 Å². The number of hydrogen-bond acceptors (Lipinski definition) is 4. The highest BCUT2D eigenvalue weighted by Gasteiger charge is 2.59. The van der Waals surface area contributed by atoms with E-state index in [1.54, 1.807) is 0 Å². The van der Waals surface area contributed by atoms with E-state index in [9.17, 15) is 15.0 Å². The minimum atomic E-state index is -0.462. The highest BCUT2D eigenvalue weighted by molar-refractivity contribution is 5.66. The zero-order valence-corrected chi connectivity index (χ0v) is 15.2. The van der Waals surface area contributed by atoms with Gasteiger partial charge in [-0.3, -0.25) is 4.79 Å². The summed E-state index contributed by atoms with van der Waals surface area (Å²) in [4.78, 5) is 11.7. The molecule has 0 saturated heterocycles. The molecule has 4 nitrogen and oxygen atoms in total. The summed E-state index contributed by atoms with van der Waals surface area (Å²) in [7, 11) is 0. The van der Waals surface area contributed by atoms with Crippen molar-refractivity contribution in [3.8, 4) is 0 Å². The first-order valence-corrected chi connectivity index (χ1v) is 9.38. The number of aliphatic hydroxyl groups is 2. The fourth-order valence-corrected chi connectivity index (χ4v) is 5.94. The van der Waals surface area contributed by atoms with Crippen LogP contribution < -0.4 is 0 Å². The van der Waals surface area contributed by atoms with Crippen molar-refractivity contribution in [2.24, 2.45) is 28.6 Å². The number of ether oxygens (including phenoxy) is 1. The molecule has 0 heterocycles. The van der Waals surface area contributed by atoms with Crippen LogP contribution in [0, 0.1) is 28.6 Å².